The van der Waals surface area contributed by atoms with Crippen molar-refractivity contribution in [1.82, 2.24) is 4.72 Å². The van der Waals surface area contributed by atoms with Gasteiger partial charge in [-0.05, 0) is 62.4 Å². The molecule has 0 unspecified atom stereocenters. The van der Waals surface area contributed by atoms with Gasteiger partial charge in [0.15, 0.2) is 0 Å². The highest BCUT2D eigenvalue weighted by molar-refractivity contribution is 7.89. The van der Waals surface area contributed by atoms with E-state index in [2.05, 4.69) is 4.72 Å². The maximum Gasteiger partial charge on any atom is 0.240 e. The fourth-order valence-electron chi connectivity index (χ4n) is 2.34. The van der Waals surface area contributed by atoms with Crippen LogP contribution in [0.25, 0.3) is 0 Å². The van der Waals surface area contributed by atoms with Gasteiger partial charge < -0.3 is 10.5 Å². The first-order valence-corrected chi connectivity index (χ1v) is 8.54. The summed E-state index contributed by atoms with van der Waals surface area (Å²) in [5.74, 6) is 1.29. The highest BCUT2D eigenvalue weighted by Crippen LogP contribution is 2.31. The zero-order valence-corrected chi connectivity index (χ0v) is 12.1. The van der Waals surface area contributed by atoms with Crippen LogP contribution < -0.4 is 15.2 Å². The van der Waals surface area contributed by atoms with E-state index in [4.69, 9.17) is 10.5 Å². The lowest BCUT2D eigenvalue weighted by Gasteiger charge is -2.34. The normalized spacial score (nSPS) is 26.1. The smallest absolute Gasteiger partial charge is 0.240 e. The van der Waals surface area contributed by atoms with Gasteiger partial charge in [-0.1, -0.05) is 0 Å². The van der Waals surface area contributed by atoms with Gasteiger partial charge in [0.2, 0.25) is 10.0 Å². The summed E-state index contributed by atoms with van der Waals surface area (Å²) in [5.41, 5.74) is 5.57. The van der Waals surface area contributed by atoms with Crippen LogP contribution in [0.5, 0.6) is 5.75 Å². The molecule has 0 aliphatic heterocycles. The minimum atomic E-state index is -3.37. The van der Waals surface area contributed by atoms with Crippen molar-refractivity contribution in [1.29, 1.82) is 0 Å². The molecule has 110 valence electrons. The fourth-order valence-corrected chi connectivity index (χ4v) is 3.65. The summed E-state index contributed by atoms with van der Waals surface area (Å²) >= 11 is 0. The van der Waals surface area contributed by atoms with E-state index < -0.39 is 10.0 Å². The van der Waals surface area contributed by atoms with E-state index in [1.165, 1.54) is 0 Å². The number of rotatable bonds is 6. The van der Waals surface area contributed by atoms with Crippen molar-refractivity contribution >= 4 is 10.0 Å². The molecule has 20 heavy (non-hydrogen) atoms. The minimum absolute atomic E-state index is 0.124. The maximum atomic E-state index is 12.0. The molecule has 1 aromatic carbocycles. The minimum Gasteiger partial charge on any atom is -0.490 e. The second-order valence-corrected chi connectivity index (χ2v) is 7.39. The van der Waals surface area contributed by atoms with Crippen molar-refractivity contribution in [2.24, 2.45) is 11.7 Å². The zero-order valence-electron chi connectivity index (χ0n) is 11.3. The molecule has 0 spiro atoms. The Hall–Kier alpha value is -1.11. The Morgan fingerprint density at radius 1 is 1.20 bits per heavy atom. The van der Waals surface area contributed by atoms with Crippen molar-refractivity contribution in [2.75, 3.05) is 6.54 Å². The van der Waals surface area contributed by atoms with Gasteiger partial charge in [0.25, 0.3) is 0 Å². The average molecular weight is 296 g/mol. The number of ether oxygens (including phenoxy) is 1. The Morgan fingerprint density at radius 2 is 1.85 bits per heavy atom. The summed E-state index contributed by atoms with van der Waals surface area (Å²) in [6.45, 7) is 0.712. The van der Waals surface area contributed by atoms with Crippen LogP contribution in [0, 0.1) is 5.92 Å². The number of nitrogens with two attached hydrogens (primary N) is 1. The highest BCUT2D eigenvalue weighted by atomic mass is 32.2. The molecule has 0 aromatic heterocycles. The van der Waals surface area contributed by atoms with Crippen LogP contribution in [0.4, 0.5) is 0 Å². The van der Waals surface area contributed by atoms with E-state index in [-0.39, 0.29) is 12.1 Å². The third kappa shape index (κ3) is 3.13. The molecule has 0 amide bonds. The van der Waals surface area contributed by atoms with Crippen LogP contribution in [0.3, 0.4) is 0 Å². The second-order valence-electron chi connectivity index (χ2n) is 5.68. The summed E-state index contributed by atoms with van der Waals surface area (Å²) in [6.07, 6.45) is 4.06. The van der Waals surface area contributed by atoms with Gasteiger partial charge in [0.05, 0.1) is 11.0 Å². The van der Waals surface area contributed by atoms with Gasteiger partial charge in [-0.15, -0.1) is 0 Å². The Labute approximate surface area is 119 Å². The number of hydrogen-bond donors (Lipinski definition) is 2. The van der Waals surface area contributed by atoms with Gasteiger partial charge in [-0.2, -0.15) is 0 Å². The van der Waals surface area contributed by atoms with Crippen LogP contribution in [-0.2, 0) is 10.0 Å². The number of sulfonamides is 1. The highest BCUT2D eigenvalue weighted by Gasteiger charge is 2.30. The first-order valence-electron chi connectivity index (χ1n) is 7.06. The summed E-state index contributed by atoms with van der Waals surface area (Å²) in [4.78, 5) is 0.296. The molecule has 3 rings (SSSR count). The van der Waals surface area contributed by atoms with Crippen LogP contribution >= 0.6 is 0 Å². The lowest BCUT2D eigenvalue weighted by atomic mass is 9.82. The average Bonchev–Trinajstić information content (AvgIpc) is 3.17. The number of hydrogen-bond acceptors (Lipinski definition) is 4. The quantitative estimate of drug-likeness (QED) is 0.827. The Kier molecular flexibility index (Phi) is 3.70. The molecule has 2 fully saturated rings. The summed E-state index contributed by atoms with van der Waals surface area (Å²) in [7, 11) is -3.37. The second kappa shape index (κ2) is 5.35. The SMILES string of the molecule is NCC1CC(Oc2ccc(S(=O)(=O)NC3CC3)cc2)C1. The predicted molar refractivity (Wildman–Crippen MR) is 76.0 cm³/mol. The Balaban J connectivity index is 1.59. The molecule has 0 heterocycles. The van der Waals surface area contributed by atoms with E-state index in [0.29, 0.717) is 17.4 Å². The lowest BCUT2D eigenvalue weighted by Crippen LogP contribution is -2.37. The van der Waals surface area contributed by atoms with Gasteiger partial charge >= 0.3 is 0 Å². The van der Waals surface area contributed by atoms with Crippen molar-refractivity contribution in [3.63, 3.8) is 0 Å². The van der Waals surface area contributed by atoms with Gasteiger partial charge in [0, 0.05) is 6.04 Å². The van der Waals surface area contributed by atoms with Crippen LogP contribution in [-0.4, -0.2) is 27.1 Å². The first kappa shape index (κ1) is 13.9. The molecule has 2 saturated carbocycles. The third-order valence-corrected chi connectivity index (χ3v) is 5.40. The van der Waals surface area contributed by atoms with Crippen molar-refractivity contribution < 1.29 is 13.2 Å². The maximum absolute atomic E-state index is 12.0. The molecule has 2 aliphatic rings. The predicted octanol–water partition coefficient (Wildman–Crippen LogP) is 1.24. The van der Waals surface area contributed by atoms with Crippen molar-refractivity contribution in [3.05, 3.63) is 24.3 Å². The molecule has 0 radical (unpaired) electrons. The first-order chi connectivity index (χ1) is 9.56. The van der Waals surface area contributed by atoms with Crippen molar-refractivity contribution in [2.45, 2.75) is 42.7 Å². The summed E-state index contributed by atoms with van der Waals surface area (Å²) < 4.78 is 32.4. The Morgan fingerprint density at radius 3 is 2.40 bits per heavy atom. The zero-order chi connectivity index (χ0) is 14.2. The van der Waals surface area contributed by atoms with Crippen molar-refractivity contribution in [3.8, 4) is 5.75 Å². The lowest BCUT2D eigenvalue weighted by molar-refractivity contribution is 0.0690. The Bertz CT molecular complexity index is 561. The molecule has 5 nitrogen and oxygen atoms in total. The monoisotopic (exact) mass is 296 g/mol. The molecule has 0 saturated heterocycles. The fraction of sp³-hybridized carbons (Fsp3) is 0.571. The molecule has 0 atom stereocenters. The molecule has 3 N–H and O–H groups in total. The van der Waals surface area contributed by atoms with Gasteiger partial charge in [-0.3, -0.25) is 0 Å². The summed E-state index contributed by atoms with van der Waals surface area (Å²) in [6, 6.07) is 6.76. The topological polar surface area (TPSA) is 81.4 Å². The molecule has 1 aromatic rings. The van der Waals surface area contributed by atoms with E-state index in [0.717, 1.165) is 31.4 Å². The molecular weight excluding hydrogens is 276 g/mol. The van der Waals surface area contributed by atoms with Crippen LogP contribution in [0.2, 0.25) is 0 Å². The van der Waals surface area contributed by atoms with Crippen LogP contribution in [0.15, 0.2) is 29.2 Å². The van der Waals surface area contributed by atoms with Crippen LogP contribution in [0.1, 0.15) is 25.7 Å². The van der Waals surface area contributed by atoms with E-state index >= 15 is 0 Å². The van der Waals surface area contributed by atoms with Gasteiger partial charge in [0.1, 0.15) is 5.75 Å². The molecule has 6 heteroatoms. The van der Waals surface area contributed by atoms with Gasteiger partial charge in [-0.25, -0.2) is 13.1 Å². The van der Waals surface area contributed by atoms with E-state index in [1.807, 2.05) is 0 Å². The molecular formula is C14H20N2O3S. The molecule has 0 bridgehead atoms. The van der Waals surface area contributed by atoms with E-state index in [1.54, 1.807) is 24.3 Å². The largest absolute Gasteiger partial charge is 0.490 e. The number of benzene rings is 1. The standard InChI is InChI=1S/C14H20N2O3S/c15-9-10-7-13(8-10)19-12-3-5-14(6-4-12)20(17,18)16-11-1-2-11/h3-6,10-11,13,16H,1-2,7-9,15H2. The summed E-state index contributed by atoms with van der Waals surface area (Å²) in [5, 5.41) is 0. The third-order valence-electron chi connectivity index (χ3n) is 3.86. The van der Waals surface area contributed by atoms with E-state index in [9.17, 15) is 8.42 Å². The number of nitrogens with one attached hydrogen (secondary N) is 1. The molecule has 2 aliphatic carbocycles.